The van der Waals surface area contributed by atoms with Crippen LogP contribution in [0.15, 0.2) is 68.4 Å². The highest BCUT2D eigenvalue weighted by atomic mass is 32.2. The Hall–Kier alpha value is -3.11. The van der Waals surface area contributed by atoms with E-state index in [4.69, 9.17) is 4.74 Å². The minimum absolute atomic E-state index is 0.0157. The van der Waals surface area contributed by atoms with Gasteiger partial charge < -0.3 is 15.0 Å². The summed E-state index contributed by atoms with van der Waals surface area (Å²) in [6, 6.07) is 11.7. The number of carbonyl (C=O) groups is 1. The first-order valence-electron chi connectivity index (χ1n) is 9.19. The summed E-state index contributed by atoms with van der Waals surface area (Å²) in [5, 5.41) is 2.86. The second-order valence-corrected chi connectivity index (χ2v) is 9.57. The zero-order chi connectivity index (χ0) is 22.6. The predicted octanol–water partition coefficient (Wildman–Crippen LogP) is 2.96. The first-order valence-corrected chi connectivity index (χ1v) is 11.7. The topological polar surface area (TPSA) is 118 Å². The Morgan fingerprint density at radius 1 is 1.13 bits per heavy atom. The van der Waals surface area contributed by atoms with Gasteiger partial charge in [-0.2, -0.15) is 0 Å². The molecule has 31 heavy (non-hydrogen) atoms. The zero-order valence-corrected chi connectivity index (χ0v) is 18.8. The fourth-order valence-corrected chi connectivity index (χ4v) is 4.94. The number of sulfone groups is 1. The summed E-state index contributed by atoms with van der Waals surface area (Å²) in [5.74, 6) is 0.354. The predicted molar refractivity (Wildman–Crippen MR) is 119 cm³/mol. The van der Waals surface area contributed by atoms with E-state index in [0.717, 1.165) is 23.5 Å². The van der Waals surface area contributed by atoms with E-state index in [0.29, 0.717) is 17.0 Å². The molecule has 0 fully saturated rings. The zero-order valence-electron chi connectivity index (χ0n) is 17.1. The fourth-order valence-electron chi connectivity index (χ4n) is 2.86. The molecule has 0 saturated carbocycles. The third-order valence-corrected chi connectivity index (χ3v) is 7.16. The third-order valence-electron chi connectivity index (χ3n) is 4.37. The lowest BCUT2D eigenvalue weighted by Gasteiger charge is -2.09. The number of hydrogen-bond donors (Lipinski definition) is 2. The van der Waals surface area contributed by atoms with Crippen molar-refractivity contribution < 1.29 is 17.9 Å². The molecule has 0 aliphatic heterocycles. The molecule has 1 heterocycles. The molecule has 2 N–H and O–H groups in total. The smallest absolute Gasteiger partial charge is 0.270 e. The number of rotatable bonds is 7. The molecule has 10 heteroatoms. The van der Waals surface area contributed by atoms with Gasteiger partial charge in [0.15, 0.2) is 10.1 Å². The van der Waals surface area contributed by atoms with Crippen molar-refractivity contribution >= 4 is 33.2 Å². The van der Waals surface area contributed by atoms with Gasteiger partial charge in [-0.3, -0.25) is 9.59 Å². The van der Waals surface area contributed by atoms with Crippen LogP contribution in [0.2, 0.25) is 0 Å². The van der Waals surface area contributed by atoms with Gasteiger partial charge in [0, 0.05) is 5.69 Å². The van der Waals surface area contributed by atoms with E-state index in [1.54, 1.807) is 50.4 Å². The van der Waals surface area contributed by atoms with Gasteiger partial charge in [-0.15, -0.1) is 0 Å². The van der Waals surface area contributed by atoms with Crippen molar-refractivity contribution in [3.63, 3.8) is 0 Å². The van der Waals surface area contributed by atoms with Crippen LogP contribution in [0.3, 0.4) is 0 Å². The molecule has 0 spiro atoms. The second kappa shape index (κ2) is 9.36. The van der Waals surface area contributed by atoms with Crippen molar-refractivity contribution in [3.8, 4) is 5.75 Å². The highest BCUT2D eigenvalue weighted by Crippen LogP contribution is 2.23. The molecule has 0 radical (unpaired) electrons. The Labute approximate surface area is 184 Å². The van der Waals surface area contributed by atoms with Gasteiger partial charge in [0.2, 0.25) is 15.7 Å². The van der Waals surface area contributed by atoms with Crippen LogP contribution >= 0.6 is 11.8 Å². The maximum absolute atomic E-state index is 12.9. The summed E-state index contributed by atoms with van der Waals surface area (Å²) in [6.45, 7) is 3.53. The number of anilines is 1. The van der Waals surface area contributed by atoms with Gasteiger partial charge in [0.1, 0.15) is 5.75 Å². The monoisotopic (exact) mass is 459 g/mol. The maximum atomic E-state index is 12.9. The van der Waals surface area contributed by atoms with Gasteiger partial charge in [0.05, 0.1) is 24.0 Å². The van der Waals surface area contributed by atoms with E-state index in [-0.39, 0.29) is 21.7 Å². The van der Waals surface area contributed by atoms with Crippen LogP contribution in [0.1, 0.15) is 11.1 Å². The van der Waals surface area contributed by atoms with Crippen molar-refractivity contribution in [1.29, 1.82) is 0 Å². The number of methoxy groups -OCH3 is 1. The molecule has 3 aromatic rings. The minimum atomic E-state index is -4.02. The first-order chi connectivity index (χ1) is 14.7. The fraction of sp³-hybridized carbons (Fsp3) is 0.190. The number of aromatic nitrogens is 2. The molecule has 0 aliphatic rings. The standard InChI is InChI=1S/C21H21N3O5S2/c1-13-4-9-17(14(2)10-13)31(27,28)18-11-22-21(24-20(18)26)30-12-19(25)23-15-5-7-16(29-3)8-6-15/h4-11H,12H2,1-3H3,(H,23,25)(H,22,24,26). The van der Waals surface area contributed by atoms with Crippen LogP contribution in [0.4, 0.5) is 5.69 Å². The van der Waals surface area contributed by atoms with Gasteiger partial charge >= 0.3 is 0 Å². The van der Waals surface area contributed by atoms with Crippen LogP contribution in [-0.2, 0) is 14.6 Å². The highest BCUT2D eigenvalue weighted by Gasteiger charge is 2.24. The van der Waals surface area contributed by atoms with Crippen LogP contribution in [0.5, 0.6) is 5.75 Å². The van der Waals surface area contributed by atoms with E-state index in [1.165, 1.54) is 6.07 Å². The quantitative estimate of drug-likeness (QED) is 0.412. The number of carbonyl (C=O) groups excluding carboxylic acids is 1. The SMILES string of the molecule is COc1ccc(NC(=O)CSc2ncc(S(=O)(=O)c3ccc(C)cc3C)c(=O)[nH]2)cc1. The van der Waals surface area contributed by atoms with Crippen molar-refractivity contribution in [1.82, 2.24) is 9.97 Å². The summed E-state index contributed by atoms with van der Waals surface area (Å²) in [4.78, 5) is 30.6. The number of hydrogen-bond acceptors (Lipinski definition) is 7. The van der Waals surface area contributed by atoms with E-state index in [9.17, 15) is 18.0 Å². The average Bonchev–Trinajstić information content (AvgIpc) is 2.72. The minimum Gasteiger partial charge on any atom is -0.497 e. The summed E-state index contributed by atoms with van der Waals surface area (Å²) < 4.78 is 30.8. The van der Waals surface area contributed by atoms with Crippen molar-refractivity contribution in [2.75, 3.05) is 18.2 Å². The third kappa shape index (κ3) is 5.33. The van der Waals surface area contributed by atoms with Crippen LogP contribution in [-0.4, -0.2) is 37.2 Å². The van der Waals surface area contributed by atoms with Crippen molar-refractivity contribution in [2.45, 2.75) is 28.8 Å². The summed E-state index contributed by atoms with van der Waals surface area (Å²) in [5.41, 5.74) is 1.28. The molecular weight excluding hydrogens is 438 g/mol. The molecule has 8 nitrogen and oxygen atoms in total. The molecule has 2 aromatic carbocycles. The van der Waals surface area contributed by atoms with E-state index in [2.05, 4.69) is 15.3 Å². The molecular formula is C21H21N3O5S2. The molecule has 1 amide bonds. The summed E-state index contributed by atoms with van der Waals surface area (Å²) >= 11 is 0.992. The Morgan fingerprint density at radius 2 is 1.84 bits per heavy atom. The Balaban J connectivity index is 1.70. The van der Waals surface area contributed by atoms with Crippen LogP contribution < -0.4 is 15.6 Å². The largest absolute Gasteiger partial charge is 0.497 e. The normalized spacial score (nSPS) is 11.2. The molecule has 0 atom stereocenters. The lowest BCUT2D eigenvalue weighted by molar-refractivity contribution is -0.113. The first kappa shape index (κ1) is 22.6. The number of H-pyrrole nitrogens is 1. The number of aromatic amines is 1. The van der Waals surface area contributed by atoms with E-state index >= 15 is 0 Å². The van der Waals surface area contributed by atoms with Gasteiger partial charge in [-0.25, -0.2) is 13.4 Å². The van der Waals surface area contributed by atoms with Crippen LogP contribution in [0.25, 0.3) is 0 Å². The molecule has 162 valence electrons. The number of benzene rings is 2. The van der Waals surface area contributed by atoms with Crippen LogP contribution in [0, 0.1) is 13.8 Å². The van der Waals surface area contributed by atoms with Crippen molar-refractivity contribution in [3.05, 3.63) is 70.1 Å². The van der Waals surface area contributed by atoms with Gasteiger partial charge in [-0.05, 0) is 49.7 Å². The maximum Gasteiger partial charge on any atom is 0.270 e. The van der Waals surface area contributed by atoms with Crippen molar-refractivity contribution in [2.24, 2.45) is 0 Å². The molecule has 0 unspecified atom stereocenters. The lowest BCUT2D eigenvalue weighted by atomic mass is 10.2. The Morgan fingerprint density at radius 3 is 2.45 bits per heavy atom. The number of ether oxygens (including phenoxy) is 1. The summed E-state index contributed by atoms with van der Waals surface area (Å²) in [7, 11) is -2.46. The number of amides is 1. The number of thioether (sulfide) groups is 1. The molecule has 1 aromatic heterocycles. The second-order valence-electron chi connectivity index (χ2n) is 6.72. The molecule has 0 saturated heterocycles. The average molecular weight is 460 g/mol. The molecule has 3 rings (SSSR count). The molecule has 0 bridgehead atoms. The highest BCUT2D eigenvalue weighted by molar-refractivity contribution is 7.99. The number of nitrogens with zero attached hydrogens (tertiary/aromatic N) is 1. The lowest BCUT2D eigenvalue weighted by Crippen LogP contribution is -2.20. The Kier molecular flexibility index (Phi) is 6.81. The van der Waals surface area contributed by atoms with Gasteiger partial charge in [0.25, 0.3) is 5.56 Å². The summed E-state index contributed by atoms with van der Waals surface area (Å²) in [6.07, 6.45) is 1.02. The van der Waals surface area contributed by atoms with Gasteiger partial charge in [-0.1, -0.05) is 29.5 Å². The molecule has 0 aliphatic carbocycles. The number of nitrogens with one attached hydrogen (secondary N) is 2. The van der Waals surface area contributed by atoms with E-state index in [1.807, 2.05) is 6.92 Å². The van der Waals surface area contributed by atoms with E-state index < -0.39 is 20.3 Å². The number of aryl methyl sites for hydroxylation is 2. The Bertz CT molecular complexity index is 1270.